The van der Waals surface area contributed by atoms with Crippen molar-refractivity contribution < 1.29 is 5.11 Å². The molecule has 0 radical (unpaired) electrons. The van der Waals surface area contributed by atoms with Gasteiger partial charge in [-0.3, -0.25) is 9.69 Å². The third-order valence-electron chi connectivity index (χ3n) is 4.16. The minimum Gasteiger partial charge on any atom is -0.387 e. The lowest BCUT2D eigenvalue weighted by molar-refractivity contribution is -0.104. The first-order chi connectivity index (χ1) is 9.42. The van der Waals surface area contributed by atoms with E-state index < -0.39 is 5.60 Å². The van der Waals surface area contributed by atoms with Gasteiger partial charge in [-0.1, -0.05) is 6.92 Å². The molecule has 0 amide bonds. The molecule has 0 spiro atoms. The molecule has 0 saturated carbocycles. The molecule has 0 aliphatic carbocycles. The molecule has 1 fully saturated rings. The molecule has 3 heterocycles. The van der Waals surface area contributed by atoms with Crippen LogP contribution in [0.3, 0.4) is 0 Å². The Morgan fingerprint density at radius 2 is 2.15 bits per heavy atom. The first-order valence-corrected chi connectivity index (χ1v) is 7.67. The van der Waals surface area contributed by atoms with Crippen molar-refractivity contribution >= 4 is 21.6 Å². The smallest absolute Gasteiger partial charge is 0.259 e. The van der Waals surface area contributed by atoms with Gasteiger partial charge in [0.2, 0.25) is 0 Å². The van der Waals surface area contributed by atoms with Crippen LogP contribution in [-0.4, -0.2) is 38.7 Å². The summed E-state index contributed by atoms with van der Waals surface area (Å²) in [7, 11) is 0. The van der Waals surface area contributed by atoms with Crippen LogP contribution in [0.2, 0.25) is 0 Å². The van der Waals surface area contributed by atoms with Gasteiger partial charge in [0.1, 0.15) is 10.7 Å². The fourth-order valence-corrected chi connectivity index (χ4v) is 3.76. The molecule has 2 aromatic heterocycles. The zero-order chi connectivity index (χ0) is 14.5. The minimum atomic E-state index is -0.555. The Morgan fingerprint density at radius 3 is 2.80 bits per heavy atom. The van der Waals surface area contributed by atoms with E-state index in [0.717, 1.165) is 21.7 Å². The average Bonchev–Trinajstić information content (AvgIpc) is 2.63. The van der Waals surface area contributed by atoms with Crippen molar-refractivity contribution in [3.05, 3.63) is 26.6 Å². The fraction of sp³-hybridized carbons (Fsp3) is 0.571. The minimum absolute atomic E-state index is 0.0573. The summed E-state index contributed by atoms with van der Waals surface area (Å²) in [4.78, 5) is 23.6. The van der Waals surface area contributed by atoms with Gasteiger partial charge >= 0.3 is 0 Å². The lowest BCUT2D eigenvalue weighted by Crippen LogP contribution is -2.60. The number of likely N-dealkylation sites (tertiary alicyclic amines) is 1. The van der Waals surface area contributed by atoms with Gasteiger partial charge in [0.05, 0.1) is 17.5 Å². The van der Waals surface area contributed by atoms with Gasteiger partial charge in [-0.15, -0.1) is 11.3 Å². The van der Waals surface area contributed by atoms with Crippen LogP contribution in [0.15, 0.2) is 4.79 Å². The van der Waals surface area contributed by atoms with Gasteiger partial charge in [0.15, 0.2) is 0 Å². The molecular weight excluding hydrogens is 274 g/mol. The van der Waals surface area contributed by atoms with E-state index in [1.54, 1.807) is 11.3 Å². The molecule has 2 aromatic rings. The second kappa shape index (κ2) is 4.65. The number of aromatic nitrogens is 2. The summed E-state index contributed by atoms with van der Waals surface area (Å²) in [5.74, 6) is 0.682. The molecule has 0 aromatic carbocycles. The predicted molar refractivity (Wildman–Crippen MR) is 80.2 cm³/mol. The van der Waals surface area contributed by atoms with E-state index in [-0.39, 0.29) is 5.56 Å². The number of aryl methyl sites for hydroxylation is 2. The van der Waals surface area contributed by atoms with Crippen LogP contribution in [0.5, 0.6) is 0 Å². The Bertz CT molecular complexity index is 713. The van der Waals surface area contributed by atoms with Crippen molar-refractivity contribution in [2.75, 3.05) is 13.1 Å². The first kappa shape index (κ1) is 13.7. The molecular formula is C14H19N3O2S. The molecule has 1 aliphatic heterocycles. The molecule has 0 atom stereocenters. The van der Waals surface area contributed by atoms with Crippen LogP contribution in [0.4, 0.5) is 0 Å². The lowest BCUT2D eigenvalue weighted by Gasteiger charge is -2.45. The van der Waals surface area contributed by atoms with Crippen LogP contribution in [0.1, 0.15) is 29.6 Å². The summed E-state index contributed by atoms with van der Waals surface area (Å²) in [6.07, 6.45) is 0.760. The third kappa shape index (κ3) is 2.17. The Morgan fingerprint density at radius 1 is 1.45 bits per heavy atom. The maximum absolute atomic E-state index is 12.1. The number of hydrogen-bond donors (Lipinski definition) is 2. The number of hydrogen-bond acceptors (Lipinski definition) is 5. The first-order valence-electron chi connectivity index (χ1n) is 6.85. The van der Waals surface area contributed by atoms with Gasteiger partial charge in [-0.05, 0) is 25.8 Å². The number of fused-ring (bicyclic) bond motifs is 1. The molecule has 6 heteroatoms. The van der Waals surface area contributed by atoms with Crippen LogP contribution in [-0.2, 0) is 6.54 Å². The van der Waals surface area contributed by atoms with Crippen LogP contribution < -0.4 is 5.56 Å². The topological polar surface area (TPSA) is 69.2 Å². The van der Waals surface area contributed by atoms with E-state index in [0.29, 0.717) is 30.8 Å². The highest BCUT2D eigenvalue weighted by molar-refractivity contribution is 7.18. The monoisotopic (exact) mass is 293 g/mol. The Kier molecular flexibility index (Phi) is 3.19. The van der Waals surface area contributed by atoms with Crippen LogP contribution in [0.25, 0.3) is 10.2 Å². The van der Waals surface area contributed by atoms with Gasteiger partial charge in [-0.2, -0.15) is 0 Å². The lowest BCUT2D eigenvalue weighted by atomic mass is 9.91. The summed E-state index contributed by atoms with van der Waals surface area (Å²) < 4.78 is 0. The number of thiophene rings is 1. The van der Waals surface area contributed by atoms with Crippen LogP contribution >= 0.6 is 11.3 Å². The Labute approximate surface area is 121 Å². The second-order valence-corrected chi connectivity index (χ2v) is 6.90. The maximum atomic E-state index is 12.1. The number of aliphatic hydroxyl groups is 1. The summed E-state index contributed by atoms with van der Waals surface area (Å²) in [5.41, 5.74) is 0.410. The fourth-order valence-electron chi connectivity index (χ4n) is 2.71. The zero-order valence-electron chi connectivity index (χ0n) is 12.0. The number of nitrogens with one attached hydrogen (secondary N) is 1. The zero-order valence-corrected chi connectivity index (χ0v) is 12.8. The highest BCUT2D eigenvalue weighted by Gasteiger charge is 2.39. The number of rotatable bonds is 3. The van der Waals surface area contributed by atoms with E-state index in [2.05, 4.69) is 14.9 Å². The van der Waals surface area contributed by atoms with Crippen molar-refractivity contribution in [1.82, 2.24) is 14.9 Å². The molecule has 2 N–H and O–H groups in total. The molecule has 108 valence electrons. The number of aromatic amines is 1. The summed E-state index contributed by atoms with van der Waals surface area (Å²) >= 11 is 1.57. The number of β-amino-alcohol motifs (C(OH)–C–C–N with tert-alkyl or cyclic N) is 1. The van der Waals surface area contributed by atoms with Crippen LogP contribution in [0, 0.1) is 13.8 Å². The summed E-state index contributed by atoms with van der Waals surface area (Å²) in [5, 5.41) is 10.7. The largest absolute Gasteiger partial charge is 0.387 e. The molecule has 0 bridgehead atoms. The van der Waals surface area contributed by atoms with Gasteiger partial charge in [-0.25, -0.2) is 4.98 Å². The van der Waals surface area contributed by atoms with Gasteiger partial charge in [0, 0.05) is 18.0 Å². The number of H-pyrrole nitrogens is 1. The van der Waals surface area contributed by atoms with Gasteiger partial charge < -0.3 is 10.1 Å². The number of nitrogens with zero attached hydrogens (tertiary/aromatic N) is 2. The Hall–Kier alpha value is -1.24. The van der Waals surface area contributed by atoms with Crippen molar-refractivity contribution in [3.8, 4) is 0 Å². The van der Waals surface area contributed by atoms with Crippen molar-refractivity contribution in [2.24, 2.45) is 0 Å². The van der Waals surface area contributed by atoms with E-state index in [9.17, 15) is 9.90 Å². The SMILES string of the molecule is CCC1(O)CN(Cc2nc3sc(C)c(C)c3c(=O)[nH]2)C1. The third-order valence-corrected chi connectivity index (χ3v) is 5.26. The van der Waals surface area contributed by atoms with Crippen molar-refractivity contribution in [2.45, 2.75) is 39.3 Å². The Balaban J connectivity index is 1.86. The average molecular weight is 293 g/mol. The molecule has 0 unspecified atom stereocenters. The molecule has 5 nitrogen and oxygen atoms in total. The standard InChI is InChI=1S/C14H19N3O2S/c1-4-14(19)6-17(7-14)5-10-15-12(18)11-8(2)9(3)20-13(11)16-10/h19H,4-7H2,1-3H3,(H,15,16,18). The maximum Gasteiger partial charge on any atom is 0.259 e. The van der Waals surface area contributed by atoms with E-state index in [4.69, 9.17) is 0 Å². The van der Waals surface area contributed by atoms with E-state index in [1.807, 2.05) is 20.8 Å². The molecule has 20 heavy (non-hydrogen) atoms. The summed E-state index contributed by atoms with van der Waals surface area (Å²) in [6, 6.07) is 0. The highest BCUT2D eigenvalue weighted by atomic mass is 32.1. The molecule has 1 saturated heterocycles. The van der Waals surface area contributed by atoms with E-state index in [1.165, 1.54) is 0 Å². The van der Waals surface area contributed by atoms with Crippen molar-refractivity contribution in [3.63, 3.8) is 0 Å². The van der Waals surface area contributed by atoms with Crippen molar-refractivity contribution in [1.29, 1.82) is 0 Å². The quantitative estimate of drug-likeness (QED) is 0.901. The molecule has 3 rings (SSSR count). The normalized spacial score (nSPS) is 18.4. The molecule has 1 aliphatic rings. The second-order valence-electron chi connectivity index (χ2n) is 5.70. The predicted octanol–water partition coefficient (Wildman–Crippen LogP) is 1.56. The van der Waals surface area contributed by atoms with Gasteiger partial charge in [0.25, 0.3) is 5.56 Å². The van der Waals surface area contributed by atoms with E-state index >= 15 is 0 Å². The highest BCUT2D eigenvalue weighted by Crippen LogP contribution is 2.27. The summed E-state index contributed by atoms with van der Waals surface area (Å²) in [6.45, 7) is 7.84.